The summed E-state index contributed by atoms with van der Waals surface area (Å²) in [4.78, 5) is 26.8. The molecule has 4 aromatic rings. The van der Waals surface area contributed by atoms with Gasteiger partial charge in [-0.25, -0.2) is 0 Å². The Hall–Kier alpha value is -4.26. The van der Waals surface area contributed by atoms with Crippen LogP contribution in [-0.2, 0) is 11.2 Å². The van der Waals surface area contributed by atoms with Crippen molar-refractivity contribution in [2.24, 2.45) is 0 Å². The van der Waals surface area contributed by atoms with Gasteiger partial charge in [-0.2, -0.15) is 0 Å². The minimum atomic E-state index is -0.329. The lowest BCUT2D eigenvalue weighted by Crippen LogP contribution is -2.24. The summed E-state index contributed by atoms with van der Waals surface area (Å²) in [7, 11) is 0. The van der Waals surface area contributed by atoms with E-state index in [1.807, 2.05) is 60.7 Å². The van der Waals surface area contributed by atoms with E-state index in [0.29, 0.717) is 18.0 Å². The van der Waals surface area contributed by atoms with Crippen LogP contribution in [0.2, 0.25) is 0 Å². The van der Waals surface area contributed by atoms with Crippen LogP contribution in [0.1, 0.15) is 39.7 Å². The monoisotopic (exact) mass is 438 g/mol. The summed E-state index contributed by atoms with van der Waals surface area (Å²) < 4.78 is 5.66. The van der Waals surface area contributed by atoms with Crippen LogP contribution in [0.5, 0.6) is 0 Å². The zero-order chi connectivity index (χ0) is 22.6. The average Bonchev–Trinajstić information content (AvgIpc) is 3.47. The molecule has 1 aliphatic heterocycles. The molecule has 164 valence electrons. The van der Waals surface area contributed by atoms with E-state index >= 15 is 0 Å². The van der Waals surface area contributed by atoms with Crippen LogP contribution in [0, 0.1) is 0 Å². The van der Waals surface area contributed by atoms with Gasteiger partial charge in [0.15, 0.2) is 0 Å². The van der Waals surface area contributed by atoms with Crippen LogP contribution in [-0.4, -0.2) is 28.6 Å². The Morgan fingerprint density at radius 2 is 1.58 bits per heavy atom. The quantitative estimate of drug-likeness (QED) is 0.481. The number of aromatic nitrogens is 2. The van der Waals surface area contributed by atoms with Gasteiger partial charge >= 0.3 is 6.01 Å². The first-order valence-electron chi connectivity index (χ1n) is 10.8. The number of amides is 2. The van der Waals surface area contributed by atoms with Crippen molar-refractivity contribution in [3.63, 3.8) is 0 Å². The summed E-state index contributed by atoms with van der Waals surface area (Å²) in [6.45, 7) is 0.460. The van der Waals surface area contributed by atoms with E-state index in [-0.39, 0.29) is 30.2 Å². The maximum absolute atomic E-state index is 12.6. The van der Waals surface area contributed by atoms with Crippen LogP contribution in [0.4, 0.5) is 11.7 Å². The maximum atomic E-state index is 12.6. The molecule has 0 bridgehead atoms. The highest BCUT2D eigenvalue weighted by Crippen LogP contribution is 2.31. The van der Waals surface area contributed by atoms with Gasteiger partial charge in [0, 0.05) is 24.2 Å². The molecule has 1 unspecified atom stereocenters. The number of anilines is 2. The van der Waals surface area contributed by atoms with Crippen LogP contribution in [0.3, 0.4) is 0 Å². The first kappa shape index (κ1) is 20.6. The lowest BCUT2D eigenvalue weighted by atomic mass is 10.0. The van der Waals surface area contributed by atoms with Crippen LogP contribution in [0.15, 0.2) is 89.3 Å². The van der Waals surface area contributed by atoms with Crippen molar-refractivity contribution in [2.75, 3.05) is 16.8 Å². The van der Waals surface area contributed by atoms with Crippen LogP contribution >= 0.6 is 0 Å². The van der Waals surface area contributed by atoms with E-state index in [4.69, 9.17) is 4.42 Å². The van der Waals surface area contributed by atoms with Gasteiger partial charge in [0.1, 0.15) is 0 Å². The molecule has 33 heavy (non-hydrogen) atoms. The van der Waals surface area contributed by atoms with Crippen molar-refractivity contribution < 1.29 is 14.0 Å². The molecule has 1 fully saturated rings. The highest BCUT2D eigenvalue weighted by atomic mass is 16.4. The first-order chi connectivity index (χ1) is 16.2. The van der Waals surface area contributed by atoms with Gasteiger partial charge in [0.25, 0.3) is 5.91 Å². The molecule has 2 heterocycles. The van der Waals surface area contributed by atoms with Crippen molar-refractivity contribution in [2.45, 2.75) is 18.8 Å². The summed E-state index contributed by atoms with van der Waals surface area (Å²) in [5.41, 5.74) is 3.67. The largest absolute Gasteiger partial charge is 0.407 e. The number of benzene rings is 3. The third-order valence-electron chi connectivity index (χ3n) is 5.67. The van der Waals surface area contributed by atoms with Gasteiger partial charge < -0.3 is 9.32 Å². The Balaban J connectivity index is 1.21. The summed E-state index contributed by atoms with van der Waals surface area (Å²) in [6.07, 6.45) is 1.09. The van der Waals surface area contributed by atoms with Crippen molar-refractivity contribution in [3.8, 4) is 0 Å². The van der Waals surface area contributed by atoms with Gasteiger partial charge in [0.05, 0.1) is 5.92 Å². The summed E-state index contributed by atoms with van der Waals surface area (Å²) in [6, 6.07) is 27.1. The number of nitrogens with one attached hydrogen (secondary N) is 1. The van der Waals surface area contributed by atoms with E-state index in [0.717, 1.165) is 17.7 Å². The Morgan fingerprint density at radius 3 is 2.30 bits per heavy atom. The third kappa shape index (κ3) is 4.67. The average molecular weight is 438 g/mol. The summed E-state index contributed by atoms with van der Waals surface area (Å²) in [5.74, 6) is -0.195. The van der Waals surface area contributed by atoms with Crippen LogP contribution < -0.4 is 10.2 Å². The molecule has 7 heteroatoms. The molecular formula is C26H22N4O3. The van der Waals surface area contributed by atoms with Gasteiger partial charge in [-0.05, 0) is 41.8 Å². The number of para-hydroxylation sites is 1. The summed E-state index contributed by atoms with van der Waals surface area (Å²) in [5, 5.41) is 10.6. The maximum Gasteiger partial charge on any atom is 0.322 e. The fraction of sp³-hybridized carbons (Fsp3) is 0.154. The molecule has 2 amide bonds. The van der Waals surface area contributed by atoms with E-state index < -0.39 is 0 Å². The van der Waals surface area contributed by atoms with Crippen molar-refractivity contribution >= 4 is 23.5 Å². The molecule has 1 aromatic heterocycles. The Bertz CT molecular complexity index is 1250. The summed E-state index contributed by atoms with van der Waals surface area (Å²) >= 11 is 0. The van der Waals surface area contributed by atoms with Crippen molar-refractivity contribution in [1.29, 1.82) is 0 Å². The van der Waals surface area contributed by atoms with E-state index in [9.17, 15) is 9.59 Å². The van der Waals surface area contributed by atoms with Gasteiger partial charge in [-0.15, -0.1) is 5.10 Å². The Kier molecular flexibility index (Phi) is 5.68. The number of rotatable bonds is 6. The minimum absolute atomic E-state index is 0.00516. The molecular weight excluding hydrogens is 416 g/mol. The molecule has 5 rings (SSSR count). The van der Waals surface area contributed by atoms with Crippen molar-refractivity contribution in [1.82, 2.24) is 10.2 Å². The topological polar surface area (TPSA) is 88.3 Å². The van der Waals surface area contributed by atoms with Gasteiger partial charge in [0.2, 0.25) is 11.8 Å². The van der Waals surface area contributed by atoms with E-state index in [2.05, 4.69) is 27.6 Å². The molecule has 1 atom stereocenters. The second-order valence-corrected chi connectivity index (χ2v) is 8.00. The minimum Gasteiger partial charge on any atom is -0.407 e. The highest BCUT2D eigenvalue weighted by Gasteiger charge is 2.35. The standard InChI is InChI=1S/C26H22N4O3/c31-23-16-21(17-30(23)22-9-5-2-6-10-22)25-28-29-26(33-25)27-24(32)20-13-11-19(12-14-20)15-18-7-3-1-4-8-18/h1-14,21H,15-17H2,(H,27,29,32). The highest BCUT2D eigenvalue weighted by molar-refractivity contribution is 6.03. The number of nitrogens with zero attached hydrogens (tertiary/aromatic N) is 3. The lowest BCUT2D eigenvalue weighted by Gasteiger charge is -2.15. The predicted octanol–water partition coefficient (Wildman–Crippen LogP) is 4.43. The fourth-order valence-electron chi connectivity index (χ4n) is 3.96. The van der Waals surface area contributed by atoms with Crippen molar-refractivity contribution in [3.05, 3.63) is 108 Å². The third-order valence-corrected chi connectivity index (χ3v) is 5.67. The zero-order valence-electron chi connectivity index (χ0n) is 17.8. The molecule has 0 radical (unpaired) electrons. The molecule has 0 aliphatic carbocycles. The molecule has 0 saturated carbocycles. The Morgan fingerprint density at radius 1 is 0.909 bits per heavy atom. The second-order valence-electron chi connectivity index (χ2n) is 8.00. The van der Waals surface area contributed by atoms with Crippen LogP contribution in [0.25, 0.3) is 0 Å². The molecule has 1 aliphatic rings. The molecule has 7 nitrogen and oxygen atoms in total. The molecule has 1 N–H and O–H groups in total. The van der Waals surface area contributed by atoms with Gasteiger partial charge in [-0.3, -0.25) is 14.9 Å². The van der Waals surface area contributed by atoms with E-state index in [1.165, 1.54) is 5.56 Å². The lowest BCUT2D eigenvalue weighted by molar-refractivity contribution is -0.117. The van der Waals surface area contributed by atoms with Gasteiger partial charge in [-0.1, -0.05) is 65.8 Å². The predicted molar refractivity (Wildman–Crippen MR) is 124 cm³/mol. The smallest absolute Gasteiger partial charge is 0.322 e. The molecule has 1 saturated heterocycles. The number of hydrogen-bond acceptors (Lipinski definition) is 5. The SMILES string of the molecule is O=C(Nc1nnc(C2CC(=O)N(c3ccccc3)C2)o1)c1ccc(Cc2ccccc2)cc1. The fourth-order valence-corrected chi connectivity index (χ4v) is 3.96. The first-order valence-corrected chi connectivity index (χ1v) is 10.8. The number of hydrogen-bond donors (Lipinski definition) is 1. The second kappa shape index (κ2) is 9.08. The number of carbonyl (C=O) groups excluding carboxylic acids is 2. The normalized spacial score (nSPS) is 15.6. The Labute approximate surface area is 191 Å². The molecule has 0 spiro atoms. The van der Waals surface area contributed by atoms with E-state index in [1.54, 1.807) is 17.0 Å². The zero-order valence-corrected chi connectivity index (χ0v) is 17.8. The number of carbonyl (C=O) groups is 2. The molecule has 3 aromatic carbocycles.